The molecule has 1 unspecified atom stereocenters. The van der Waals surface area contributed by atoms with Crippen LogP contribution in [-0.4, -0.2) is 26.5 Å². The second kappa shape index (κ2) is 10.2. The number of halogens is 3. The van der Waals surface area contributed by atoms with Crippen molar-refractivity contribution in [3.8, 4) is 0 Å². The van der Waals surface area contributed by atoms with Crippen LogP contribution in [0.3, 0.4) is 0 Å². The molecule has 1 spiro atoms. The van der Waals surface area contributed by atoms with Gasteiger partial charge in [0.2, 0.25) is 0 Å². The first-order chi connectivity index (χ1) is 18.9. The number of fused-ring (bicyclic) bond motifs is 4. The van der Waals surface area contributed by atoms with E-state index in [-0.39, 0.29) is 22.5 Å². The molecular weight excluding hydrogens is 543 g/mol. The molecule has 1 aromatic carbocycles. The first kappa shape index (κ1) is 30.7. The molecule has 41 heavy (non-hydrogen) atoms. The van der Waals surface area contributed by atoms with E-state index in [4.69, 9.17) is 18.9 Å². The van der Waals surface area contributed by atoms with Gasteiger partial charge in [-0.05, 0) is 65.6 Å². The van der Waals surface area contributed by atoms with Crippen molar-refractivity contribution in [2.45, 2.75) is 122 Å². The first-order valence-electron chi connectivity index (χ1n) is 15.0. The summed E-state index contributed by atoms with van der Waals surface area (Å²) in [6.07, 6.45) is -1.87. The number of nitrogens with zero attached hydrogens (tertiary/aromatic N) is 1. The van der Waals surface area contributed by atoms with E-state index in [0.29, 0.717) is 26.1 Å². The lowest BCUT2D eigenvalue weighted by Gasteiger charge is -2.46. The minimum Gasteiger partial charge on any atom is -0.410 e. The topological polar surface area (TPSA) is 40.6 Å². The highest BCUT2D eigenvalue weighted by Crippen LogP contribution is 2.59. The van der Waals surface area contributed by atoms with Crippen LogP contribution in [0.2, 0.25) is 18.1 Å². The van der Waals surface area contributed by atoms with Crippen LogP contribution >= 0.6 is 0 Å². The minimum absolute atomic E-state index is 0.0185. The molecular formula is C33H46F3NO3Si. The van der Waals surface area contributed by atoms with Crippen LogP contribution in [0.15, 0.2) is 24.3 Å². The van der Waals surface area contributed by atoms with Gasteiger partial charge >= 0.3 is 6.18 Å². The van der Waals surface area contributed by atoms with Gasteiger partial charge in [0, 0.05) is 48.6 Å². The fraction of sp³-hybridized carbons (Fsp3) is 0.667. The summed E-state index contributed by atoms with van der Waals surface area (Å²) in [6, 6.07) is 5.48. The van der Waals surface area contributed by atoms with E-state index in [1.54, 1.807) is 12.1 Å². The molecule has 3 heterocycles. The Morgan fingerprint density at radius 1 is 1.00 bits per heavy atom. The highest BCUT2D eigenvalue weighted by atomic mass is 28.4. The number of hydrogen-bond donors (Lipinski definition) is 0. The minimum atomic E-state index is -4.39. The van der Waals surface area contributed by atoms with E-state index in [2.05, 4.69) is 61.6 Å². The molecule has 8 heteroatoms. The second-order valence-corrected chi connectivity index (χ2v) is 19.7. The van der Waals surface area contributed by atoms with E-state index in [0.717, 1.165) is 35.4 Å². The maximum absolute atomic E-state index is 13.4. The molecule has 3 aliphatic rings. The van der Waals surface area contributed by atoms with Gasteiger partial charge in [-0.15, -0.1) is 0 Å². The largest absolute Gasteiger partial charge is 0.416 e. The number of hydrogen-bond acceptors (Lipinski definition) is 4. The maximum Gasteiger partial charge on any atom is 0.416 e. The lowest BCUT2D eigenvalue weighted by Crippen LogP contribution is -2.45. The van der Waals surface area contributed by atoms with E-state index < -0.39 is 31.8 Å². The molecule has 0 saturated carbocycles. The summed E-state index contributed by atoms with van der Waals surface area (Å²) in [7, 11) is -2.16. The summed E-state index contributed by atoms with van der Waals surface area (Å²) in [5.74, 6) is 0.120. The number of pyridine rings is 1. The van der Waals surface area contributed by atoms with Crippen LogP contribution in [0.1, 0.15) is 125 Å². The van der Waals surface area contributed by atoms with E-state index in [1.165, 1.54) is 23.3 Å². The molecule has 1 aromatic heterocycles. The van der Waals surface area contributed by atoms with Crippen molar-refractivity contribution >= 4 is 8.32 Å². The molecule has 2 aromatic rings. The van der Waals surface area contributed by atoms with E-state index >= 15 is 0 Å². The summed E-state index contributed by atoms with van der Waals surface area (Å²) in [6.45, 7) is 21.4. The molecule has 226 valence electrons. The summed E-state index contributed by atoms with van der Waals surface area (Å²) in [5.41, 5.74) is 4.96. The normalized spacial score (nSPS) is 24.0. The Morgan fingerprint density at radius 3 is 2.15 bits per heavy atom. The maximum atomic E-state index is 13.4. The van der Waals surface area contributed by atoms with Crippen molar-refractivity contribution in [3.63, 3.8) is 0 Å². The number of benzene rings is 1. The molecule has 0 N–H and O–H groups in total. The standard InChI is InChI=1S/C33H46F3NO3Si/c1-20(2)28-26-27(25-23(37-28)18-31(6,7)19-24(25)40-41(8,9)30(3,4)5)32(14-16-38-17-15-32)39-29(26)21-10-12-22(13-11-21)33(34,35)36/h10-13,20,24,29H,14-19H2,1-9H3/t24?,29-/m0/s1. The third-order valence-electron chi connectivity index (χ3n) is 9.78. The molecule has 0 bridgehead atoms. The van der Waals surface area contributed by atoms with Gasteiger partial charge < -0.3 is 13.9 Å². The molecule has 0 amide bonds. The third-order valence-corrected chi connectivity index (χ3v) is 14.3. The van der Waals surface area contributed by atoms with Crippen molar-refractivity contribution < 1.29 is 27.1 Å². The quantitative estimate of drug-likeness (QED) is 0.333. The molecule has 0 radical (unpaired) electrons. The van der Waals surface area contributed by atoms with E-state index in [1.807, 2.05) is 0 Å². The van der Waals surface area contributed by atoms with Gasteiger partial charge in [0.15, 0.2) is 8.32 Å². The highest BCUT2D eigenvalue weighted by molar-refractivity contribution is 6.74. The highest BCUT2D eigenvalue weighted by Gasteiger charge is 2.53. The molecule has 2 atom stereocenters. The summed E-state index contributed by atoms with van der Waals surface area (Å²) in [5, 5.41) is 0.0405. The first-order valence-corrected chi connectivity index (χ1v) is 17.9. The Balaban J connectivity index is 1.76. The molecule has 2 aliphatic heterocycles. The lowest BCUT2D eigenvalue weighted by molar-refractivity contribution is -0.137. The summed E-state index contributed by atoms with van der Waals surface area (Å²) >= 11 is 0. The fourth-order valence-electron chi connectivity index (χ4n) is 6.62. The van der Waals surface area contributed by atoms with Crippen molar-refractivity contribution in [2.75, 3.05) is 13.2 Å². The lowest BCUT2D eigenvalue weighted by atomic mass is 9.70. The van der Waals surface area contributed by atoms with Crippen LogP contribution in [0.5, 0.6) is 0 Å². The summed E-state index contributed by atoms with van der Waals surface area (Å²) in [4.78, 5) is 5.38. The van der Waals surface area contributed by atoms with Crippen LogP contribution in [0.4, 0.5) is 13.2 Å². The SMILES string of the molecule is CC(C)c1nc2c(c3c1[C@H](c1ccc(C(F)(F)F)cc1)OC31CCOCC1)C(O[Si](C)(C)C(C)(C)C)CC(C)(C)C2. The number of ether oxygens (including phenoxy) is 2. The predicted octanol–water partition coefficient (Wildman–Crippen LogP) is 9.38. The number of alkyl halides is 3. The van der Waals surface area contributed by atoms with Gasteiger partial charge in [0.05, 0.1) is 17.3 Å². The van der Waals surface area contributed by atoms with Gasteiger partial charge in [-0.3, -0.25) is 4.98 Å². The number of aromatic nitrogens is 1. The van der Waals surface area contributed by atoms with Crippen LogP contribution < -0.4 is 0 Å². The van der Waals surface area contributed by atoms with Crippen LogP contribution in [0, 0.1) is 5.41 Å². The predicted molar refractivity (Wildman–Crippen MR) is 158 cm³/mol. The Hall–Kier alpha value is -1.74. The Morgan fingerprint density at radius 2 is 1.61 bits per heavy atom. The Bertz CT molecular complexity index is 1290. The molecule has 1 saturated heterocycles. The molecule has 1 aliphatic carbocycles. The molecule has 4 nitrogen and oxygen atoms in total. The van der Waals surface area contributed by atoms with Crippen molar-refractivity contribution in [3.05, 3.63) is 63.5 Å². The molecule has 1 fully saturated rings. The third kappa shape index (κ3) is 5.54. The van der Waals surface area contributed by atoms with Gasteiger partial charge in [0.1, 0.15) is 6.10 Å². The van der Waals surface area contributed by atoms with Gasteiger partial charge in [-0.1, -0.05) is 60.6 Å². The van der Waals surface area contributed by atoms with Crippen molar-refractivity contribution in [1.82, 2.24) is 4.98 Å². The average Bonchev–Trinajstić information content (AvgIpc) is 3.15. The second-order valence-electron chi connectivity index (χ2n) is 14.9. The zero-order valence-corrected chi connectivity index (χ0v) is 27.1. The average molecular weight is 590 g/mol. The van der Waals surface area contributed by atoms with Crippen molar-refractivity contribution in [2.24, 2.45) is 5.41 Å². The fourth-order valence-corrected chi connectivity index (χ4v) is 7.88. The Labute approximate surface area is 244 Å². The van der Waals surface area contributed by atoms with Crippen molar-refractivity contribution in [1.29, 1.82) is 0 Å². The summed E-state index contributed by atoms with van der Waals surface area (Å²) < 4.78 is 60.5. The van der Waals surface area contributed by atoms with Gasteiger partial charge in [-0.25, -0.2) is 0 Å². The smallest absolute Gasteiger partial charge is 0.410 e. The van der Waals surface area contributed by atoms with Crippen LogP contribution in [0.25, 0.3) is 0 Å². The van der Waals surface area contributed by atoms with E-state index in [9.17, 15) is 13.2 Å². The molecule has 5 rings (SSSR count). The monoisotopic (exact) mass is 589 g/mol. The zero-order chi connectivity index (χ0) is 30.2. The van der Waals surface area contributed by atoms with Gasteiger partial charge in [0.25, 0.3) is 0 Å². The number of rotatable bonds is 4. The zero-order valence-electron chi connectivity index (χ0n) is 26.1. The van der Waals surface area contributed by atoms with Crippen LogP contribution in [-0.2, 0) is 32.1 Å². The Kier molecular flexibility index (Phi) is 7.62. The van der Waals surface area contributed by atoms with Gasteiger partial charge in [-0.2, -0.15) is 13.2 Å².